The predicted octanol–water partition coefficient (Wildman–Crippen LogP) is 2.57. The van der Waals surface area contributed by atoms with E-state index >= 15 is 0 Å². The summed E-state index contributed by atoms with van der Waals surface area (Å²) in [4.78, 5) is 22.3. The van der Waals surface area contributed by atoms with Crippen LogP contribution in [-0.4, -0.2) is 21.0 Å². The van der Waals surface area contributed by atoms with Gasteiger partial charge in [-0.05, 0) is 19.4 Å². The minimum absolute atomic E-state index is 0.0795. The van der Waals surface area contributed by atoms with Crippen LogP contribution in [0.25, 0.3) is 0 Å². The molecule has 1 aromatic heterocycles. The van der Waals surface area contributed by atoms with Crippen molar-refractivity contribution in [1.82, 2.24) is 10.2 Å². The van der Waals surface area contributed by atoms with Crippen molar-refractivity contribution in [1.29, 1.82) is 0 Å². The van der Waals surface area contributed by atoms with Gasteiger partial charge in [-0.25, -0.2) is 0 Å². The Bertz CT molecular complexity index is 668. The van der Waals surface area contributed by atoms with Crippen molar-refractivity contribution < 1.29 is 9.72 Å². The average molecular weight is 292 g/mol. The molecule has 1 heterocycles. The summed E-state index contributed by atoms with van der Waals surface area (Å²) >= 11 is 1.28. The maximum absolute atomic E-state index is 12.0. The second-order valence-electron chi connectivity index (χ2n) is 4.07. The van der Waals surface area contributed by atoms with Crippen LogP contribution in [0.2, 0.25) is 0 Å². The third kappa shape index (κ3) is 2.97. The van der Waals surface area contributed by atoms with Crippen molar-refractivity contribution >= 4 is 28.1 Å². The summed E-state index contributed by atoms with van der Waals surface area (Å²) in [7, 11) is 0. The molecule has 0 aliphatic rings. The number of hydrogen-bond donors (Lipinski definition) is 1. The van der Waals surface area contributed by atoms with Gasteiger partial charge >= 0.3 is 0 Å². The van der Waals surface area contributed by atoms with Crippen LogP contribution < -0.4 is 5.32 Å². The molecule has 0 bridgehead atoms. The Morgan fingerprint density at radius 3 is 2.80 bits per heavy atom. The smallest absolute Gasteiger partial charge is 0.273 e. The number of aryl methyl sites for hydroxylation is 2. The molecule has 7 nitrogen and oxygen atoms in total. The van der Waals surface area contributed by atoms with Crippen LogP contribution in [0.4, 0.5) is 10.8 Å². The van der Waals surface area contributed by atoms with Crippen molar-refractivity contribution in [3.63, 3.8) is 0 Å². The Labute approximate surface area is 118 Å². The first-order valence-electron chi connectivity index (χ1n) is 5.90. The molecular formula is C12H12N4O3S. The van der Waals surface area contributed by atoms with Gasteiger partial charge in [0, 0.05) is 17.2 Å². The monoisotopic (exact) mass is 292 g/mol. The van der Waals surface area contributed by atoms with Gasteiger partial charge in [-0.15, -0.1) is 10.2 Å². The lowest BCUT2D eigenvalue weighted by atomic mass is 10.1. The maximum atomic E-state index is 12.0. The van der Waals surface area contributed by atoms with Gasteiger partial charge in [-0.3, -0.25) is 20.2 Å². The van der Waals surface area contributed by atoms with E-state index in [1.54, 1.807) is 19.1 Å². The Kier molecular flexibility index (Phi) is 4.04. The van der Waals surface area contributed by atoms with Gasteiger partial charge in [0.2, 0.25) is 5.13 Å². The number of carbonyl (C=O) groups is 1. The summed E-state index contributed by atoms with van der Waals surface area (Å²) in [5.74, 6) is -0.438. The molecule has 0 radical (unpaired) electrons. The highest BCUT2D eigenvalue weighted by atomic mass is 32.1. The van der Waals surface area contributed by atoms with Crippen LogP contribution in [0.3, 0.4) is 0 Å². The zero-order chi connectivity index (χ0) is 14.7. The number of nitro groups is 1. The maximum Gasteiger partial charge on any atom is 0.273 e. The van der Waals surface area contributed by atoms with Gasteiger partial charge in [-0.2, -0.15) is 0 Å². The first-order valence-corrected chi connectivity index (χ1v) is 6.71. The van der Waals surface area contributed by atoms with Crippen molar-refractivity contribution in [3.05, 3.63) is 44.4 Å². The van der Waals surface area contributed by atoms with Crippen LogP contribution in [0.5, 0.6) is 0 Å². The molecule has 20 heavy (non-hydrogen) atoms. The van der Waals surface area contributed by atoms with E-state index in [2.05, 4.69) is 15.5 Å². The largest absolute Gasteiger partial charge is 0.296 e. The average Bonchev–Trinajstić information content (AvgIpc) is 2.86. The highest BCUT2D eigenvalue weighted by Crippen LogP contribution is 2.21. The van der Waals surface area contributed by atoms with Crippen LogP contribution >= 0.6 is 11.3 Å². The number of nitrogens with one attached hydrogen (secondary N) is 1. The Morgan fingerprint density at radius 2 is 2.20 bits per heavy atom. The van der Waals surface area contributed by atoms with E-state index in [4.69, 9.17) is 0 Å². The van der Waals surface area contributed by atoms with E-state index in [-0.39, 0.29) is 11.3 Å². The number of aromatic nitrogens is 2. The zero-order valence-electron chi connectivity index (χ0n) is 10.9. The lowest BCUT2D eigenvalue weighted by Gasteiger charge is -2.02. The van der Waals surface area contributed by atoms with E-state index < -0.39 is 10.8 Å². The molecule has 0 spiro atoms. The fourth-order valence-corrected chi connectivity index (χ4v) is 2.24. The number of hydrogen-bond acceptors (Lipinski definition) is 6. The summed E-state index contributed by atoms with van der Waals surface area (Å²) < 4.78 is 0. The Morgan fingerprint density at radius 1 is 1.45 bits per heavy atom. The molecule has 0 aliphatic carbocycles. The number of nitrogens with zero attached hydrogens (tertiary/aromatic N) is 3. The van der Waals surface area contributed by atoms with Crippen molar-refractivity contribution in [2.45, 2.75) is 20.3 Å². The third-order valence-electron chi connectivity index (χ3n) is 2.66. The number of anilines is 1. The van der Waals surface area contributed by atoms with Gasteiger partial charge in [0.05, 0.1) is 4.92 Å². The van der Waals surface area contributed by atoms with Gasteiger partial charge in [0.1, 0.15) is 5.01 Å². The van der Waals surface area contributed by atoms with E-state index in [1.807, 2.05) is 6.92 Å². The van der Waals surface area contributed by atoms with Crippen molar-refractivity contribution in [3.8, 4) is 0 Å². The highest BCUT2D eigenvalue weighted by Gasteiger charge is 2.16. The second kappa shape index (κ2) is 5.74. The van der Waals surface area contributed by atoms with E-state index in [1.165, 1.54) is 17.4 Å². The Hall–Kier alpha value is -2.35. The molecule has 1 aromatic carbocycles. The number of benzene rings is 1. The Balaban J connectivity index is 2.21. The molecule has 2 rings (SSSR count). The minimum atomic E-state index is -0.508. The predicted molar refractivity (Wildman–Crippen MR) is 75.1 cm³/mol. The molecule has 104 valence electrons. The lowest BCUT2D eigenvalue weighted by molar-refractivity contribution is -0.385. The SMILES string of the molecule is CCc1nnc(NC(=O)c2ccc(C)c([N+](=O)[O-])c2)s1. The highest BCUT2D eigenvalue weighted by molar-refractivity contribution is 7.15. The summed E-state index contributed by atoms with van der Waals surface area (Å²) in [5.41, 5.74) is 0.649. The minimum Gasteiger partial charge on any atom is -0.296 e. The molecule has 0 aliphatic heterocycles. The summed E-state index contributed by atoms with van der Waals surface area (Å²) in [5, 5.41) is 22.3. The topological polar surface area (TPSA) is 98.0 Å². The van der Waals surface area contributed by atoms with Gasteiger partial charge < -0.3 is 0 Å². The molecular weight excluding hydrogens is 280 g/mol. The molecule has 2 aromatic rings. The summed E-state index contributed by atoms with van der Waals surface area (Å²) in [6, 6.07) is 4.34. The molecule has 0 saturated heterocycles. The van der Waals surface area contributed by atoms with Crippen LogP contribution in [0.15, 0.2) is 18.2 Å². The number of nitro benzene ring substituents is 1. The summed E-state index contributed by atoms with van der Waals surface area (Å²) in [6.45, 7) is 3.56. The molecule has 0 unspecified atom stereocenters. The quantitative estimate of drug-likeness (QED) is 0.689. The van der Waals surface area contributed by atoms with Crippen LogP contribution in [-0.2, 0) is 6.42 Å². The second-order valence-corrected chi connectivity index (χ2v) is 5.13. The van der Waals surface area contributed by atoms with E-state index in [0.29, 0.717) is 10.7 Å². The molecule has 0 saturated carbocycles. The molecule has 1 amide bonds. The fourth-order valence-electron chi connectivity index (χ4n) is 1.56. The molecule has 8 heteroatoms. The van der Waals surface area contributed by atoms with Crippen molar-refractivity contribution in [2.24, 2.45) is 0 Å². The summed E-state index contributed by atoms with van der Waals surface area (Å²) in [6.07, 6.45) is 0.740. The first-order chi connectivity index (χ1) is 9.51. The number of amides is 1. The lowest BCUT2D eigenvalue weighted by Crippen LogP contribution is -2.12. The van der Waals surface area contributed by atoms with Crippen LogP contribution in [0.1, 0.15) is 27.9 Å². The van der Waals surface area contributed by atoms with Gasteiger partial charge in [0.15, 0.2) is 0 Å². The fraction of sp³-hybridized carbons (Fsp3) is 0.250. The normalized spacial score (nSPS) is 10.3. The number of carbonyl (C=O) groups excluding carboxylic acids is 1. The zero-order valence-corrected chi connectivity index (χ0v) is 11.7. The van der Waals surface area contributed by atoms with Gasteiger partial charge in [0.25, 0.3) is 11.6 Å². The van der Waals surface area contributed by atoms with E-state index in [0.717, 1.165) is 11.4 Å². The van der Waals surface area contributed by atoms with Gasteiger partial charge in [-0.1, -0.05) is 24.3 Å². The number of rotatable bonds is 4. The standard InChI is InChI=1S/C12H12N4O3S/c1-3-10-14-15-12(20-10)13-11(17)8-5-4-7(2)9(6-8)16(18)19/h4-6H,3H2,1-2H3,(H,13,15,17). The first kappa shape index (κ1) is 14.1. The van der Waals surface area contributed by atoms with Crippen molar-refractivity contribution in [2.75, 3.05) is 5.32 Å². The third-order valence-corrected chi connectivity index (χ3v) is 3.64. The van der Waals surface area contributed by atoms with Crippen LogP contribution in [0, 0.1) is 17.0 Å². The molecule has 0 fully saturated rings. The molecule has 1 N–H and O–H groups in total. The van der Waals surface area contributed by atoms with E-state index in [9.17, 15) is 14.9 Å². The molecule has 0 atom stereocenters.